The van der Waals surface area contributed by atoms with Crippen LogP contribution in [0.15, 0.2) is 0 Å². The summed E-state index contributed by atoms with van der Waals surface area (Å²) in [6, 6.07) is 0.415. The molecule has 0 unspecified atom stereocenters. The van der Waals surface area contributed by atoms with E-state index in [9.17, 15) is 4.79 Å². The summed E-state index contributed by atoms with van der Waals surface area (Å²) < 4.78 is 5.43. The number of hydrogen-bond acceptors (Lipinski definition) is 2. The first kappa shape index (κ1) is 13.7. The lowest BCUT2D eigenvalue weighted by molar-refractivity contribution is 0.0557. The zero-order valence-electron chi connectivity index (χ0n) is 11.6. The minimum atomic E-state index is 0.00651. The fraction of sp³-hybridized carbons (Fsp3) is 0.929. The third-order valence-electron chi connectivity index (χ3n) is 4.44. The number of amides is 2. The molecular weight excluding hydrogens is 228 g/mol. The molecule has 4 heteroatoms. The Hall–Kier alpha value is -0.770. The van der Waals surface area contributed by atoms with Crippen molar-refractivity contribution in [2.45, 2.75) is 52.0 Å². The zero-order chi connectivity index (χ0) is 13.0. The van der Waals surface area contributed by atoms with Gasteiger partial charge in [0.1, 0.15) is 0 Å². The van der Waals surface area contributed by atoms with E-state index in [-0.39, 0.29) is 6.03 Å². The van der Waals surface area contributed by atoms with Gasteiger partial charge in [0.25, 0.3) is 0 Å². The van der Waals surface area contributed by atoms with Crippen LogP contribution in [0.5, 0.6) is 0 Å². The van der Waals surface area contributed by atoms with Gasteiger partial charge >= 0.3 is 6.03 Å². The van der Waals surface area contributed by atoms with E-state index >= 15 is 0 Å². The van der Waals surface area contributed by atoms with Crippen molar-refractivity contribution in [3.05, 3.63) is 0 Å². The van der Waals surface area contributed by atoms with Crippen LogP contribution in [0.2, 0.25) is 0 Å². The van der Waals surface area contributed by atoms with Gasteiger partial charge in [0, 0.05) is 25.8 Å². The van der Waals surface area contributed by atoms with Crippen molar-refractivity contribution < 1.29 is 9.53 Å². The molecule has 0 spiro atoms. The van der Waals surface area contributed by atoms with E-state index in [2.05, 4.69) is 17.6 Å². The van der Waals surface area contributed by atoms with Crippen LogP contribution >= 0.6 is 0 Å². The number of urea groups is 1. The summed E-state index contributed by atoms with van der Waals surface area (Å²) in [5.74, 6) is 0.659. The van der Waals surface area contributed by atoms with Gasteiger partial charge in [-0.15, -0.1) is 0 Å². The van der Waals surface area contributed by atoms with Gasteiger partial charge in [-0.1, -0.05) is 13.3 Å². The summed E-state index contributed by atoms with van der Waals surface area (Å²) in [4.78, 5) is 11.7. The second-order valence-electron chi connectivity index (χ2n) is 5.95. The van der Waals surface area contributed by atoms with E-state index in [1.54, 1.807) is 0 Å². The molecule has 2 fully saturated rings. The molecule has 18 heavy (non-hydrogen) atoms. The maximum atomic E-state index is 11.7. The summed E-state index contributed by atoms with van der Waals surface area (Å²) in [5.41, 5.74) is 0.307. The maximum Gasteiger partial charge on any atom is 0.315 e. The van der Waals surface area contributed by atoms with Gasteiger partial charge in [-0.05, 0) is 43.9 Å². The van der Waals surface area contributed by atoms with Gasteiger partial charge in [0.2, 0.25) is 0 Å². The monoisotopic (exact) mass is 254 g/mol. The van der Waals surface area contributed by atoms with E-state index in [0.29, 0.717) is 17.4 Å². The van der Waals surface area contributed by atoms with E-state index in [4.69, 9.17) is 4.74 Å². The summed E-state index contributed by atoms with van der Waals surface area (Å²) in [7, 11) is 0. The fourth-order valence-corrected chi connectivity index (χ4v) is 2.64. The van der Waals surface area contributed by atoms with Crippen LogP contribution in [0.4, 0.5) is 4.79 Å². The third-order valence-corrected chi connectivity index (χ3v) is 4.44. The van der Waals surface area contributed by atoms with Crippen LogP contribution in [0, 0.1) is 11.3 Å². The van der Waals surface area contributed by atoms with Crippen LogP contribution in [0.3, 0.4) is 0 Å². The summed E-state index contributed by atoms with van der Waals surface area (Å²) in [6.45, 7) is 6.59. The quantitative estimate of drug-likeness (QED) is 0.685. The van der Waals surface area contributed by atoms with Crippen LogP contribution in [0.25, 0.3) is 0 Å². The van der Waals surface area contributed by atoms with Gasteiger partial charge < -0.3 is 15.4 Å². The van der Waals surface area contributed by atoms with Crippen molar-refractivity contribution in [1.82, 2.24) is 10.6 Å². The Morgan fingerprint density at radius 3 is 2.67 bits per heavy atom. The number of nitrogens with one attached hydrogen (secondary N) is 2. The zero-order valence-corrected chi connectivity index (χ0v) is 11.6. The van der Waals surface area contributed by atoms with E-state index in [0.717, 1.165) is 32.6 Å². The topological polar surface area (TPSA) is 50.4 Å². The average Bonchev–Trinajstić information content (AvgIpc) is 2.97. The Morgan fingerprint density at radius 1 is 1.44 bits per heavy atom. The molecule has 2 aliphatic carbocycles. The van der Waals surface area contributed by atoms with E-state index < -0.39 is 0 Å². The molecule has 0 heterocycles. The molecule has 0 aliphatic heterocycles. The van der Waals surface area contributed by atoms with Crippen molar-refractivity contribution in [3.63, 3.8) is 0 Å². The molecule has 0 aromatic rings. The van der Waals surface area contributed by atoms with Gasteiger partial charge in [-0.25, -0.2) is 4.79 Å². The van der Waals surface area contributed by atoms with Crippen LogP contribution < -0.4 is 10.6 Å². The Kier molecular flexibility index (Phi) is 4.49. The van der Waals surface area contributed by atoms with Crippen LogP contribution in [-0.2, 0) is 4.74 Å². The lowest BCUT2D eigenvalue weighted by Gasteiger charge is -2.42. The molecule has 2 saturated carbocycles. The van der Waals surface area contributed by atoms with E-state index in [1.807, 2.05) is 6.92 Å². The highest BCUT2D eigenvalue weighted by Crippen LogP contribution is 2.43. The summed E-state index contributed by atoms with van der Waals surface area (Å²) in [5, 5.41) is 6.05. The van der Waals surface area contributed by atoms with Gasteiger partial charge in [-0.3, -0.25) is 0 Å². The first-order valence-electron chi connectivity index (χ1n) is 7.27. The molecule has 0 aromatic heterocycles. The number of hydrogen-bond donors (Lipinski definition) is 2. The molecule has 2 aliphatic rings. The number of rotatable bonds is 7. The third kappa shape index (κ3) is 3.61. The van der Waals surface area contributed by atoms with Crippen molar-refractivity contribution in [2.24, 2.45) is 11.3 Å². The lowest BCUT2D eigenvalue weighted by atomic mass is 9.67. The smallest absolute Gasteiger partial charge is 0.315 e. The highest BCUT2D eigenvalue weighted by Gasteiger charge is 2.38. The number of carbonyl (C=O) groups excluding carboxylic acids is 1. The highest BCUT2D eigenvalue weighted by molar-refractivity contribution is 5.74. The molecule has 2 N–H and O–H groups in total. The fourth-order valence-electron chi connectivity index (χ4n) is 2.64. The summed E-state index contributed by atoms with van der Waals surface area (Å²) in [6.07, 6.45) is 5.93. The average molecular weight is 254 g/mol. The molecule has 0 bridgehead atoms. The highest BCUT2D eigenvalue weighted by atomic mass is 16.5. The first-order valence-corrected chi connectivity index (χ1v) is 7.27. The Bertz CT molecular complexity index is 290. The second-order valence-corrected chi connectivity index (χ2v) is 5.95. The normalized spacial score (nSPS) is 28.3. The molecule has 0 radical (unpaired) electrons. The Labute approximate surface area is 110 Å². The van der Waals surface area contributed by atoms with Crippen LogP contribution in [-0.4, -0.2) is 31.8 Å². The van der Waals surface area contributed by atoms with Crippen molar-refractivity contribution in [2.75, 3.05) is 19.8 Å². The first-order chi connectivity index (χ1) is 8.65. The maximum absolute atomic E-state index is 11.7. The molecule has 0 aromatic carbocycles. The molecule has 104 valence electrons. The minimum absolute atomic E-state index is 0.00651. The molecule has 0 saturated heterocycles. The number of carbonyl (C=O) groups is 1. The van der Waals surface area contributed by atoms with Crippen LogP contribution in [0.1, 0.15) is 46.0 Å². The van der Waals surface area contributed by atoms with Crippen molar-refractivity contribution in [3.8, 4) is 0 Å². The summed E-state index contributed by atoms with van der Waals surface area (Å²) >= 11 is 0. The predicted molar refractivity (Wildman–Crippen MR) is 71.5 cm³/mol. The van der Waals surface area contributed by atoms with Gasteiger partial charge in [0.05, 0.1) is 0 Å². The van der Waals surface area contributed by atoms with Crippen molar-refractivity contribution >= 4 is 6.03 Å². The number of ether oxygens (including phenoxy) is 1. The Balaban J connectivity index is 1.64. The van der Waals surface area contributed by atoms with Gasteiger partial charge in [-0.2, -0.15) is 0 Å². The SMILES string of the molecule is CCOCCC1(CNC(=O)N[C@H]2C[C@@H]2C)CCC1. The standard InChI is InChI=1S/C14H26N2O2/c1-3-18-8-7-14(5-4-6-14)10-15-13(17)16-12-9-11(12)2/h11-12H,3-10H2,1-2H3,(H2,15,16,17)/t11-,12-/m0/s1. The van der Waals surface area contributed by atoms with E-state index in [1.165, 1.54) is 19.3 Å². The predicted octanol–water partition coefficient (Wildman–Crippen LogP) is 2.29. The van der Waals surface area contributed by atoms with Crippen molar-refractivity contribution in [1.29, 1.82) is 0 Å². The lowest BCUT2D eigenvalue weighted by Crippen LogP contribution is -2.46. The second kappa shape index (κ2) is 5.91. The molecule has 4 nitrogen and oxygen atoms in total. The minimum Gasteiger partial charge on any atom is -0.382 e. The molecular formula is C14H26N2O2. The van der Waals surface area contributed by atoms with Gasteiger partial charge in [0.15, 0.2) is 0 Å². The molecule has 2 rings (SSSR count). The Morgan fingerprint density at radius 2 is 2.17 bits per heavy atom. The largest absolute Gasteiger partial charge is 0.382 e. The molecule has 2 amide bonds. The molecule has 2 atom stereocenters.